The van der Waals surface area contributed by atoms with Gasteiger partial charge in [-0.25, -0.2) is 19.2 Å². The minimum absolute atomic E-state index is 0.0354. The molecule has 3 aromatic rings. The van der Waals surface area contributed by atoms with Crippen LogP contribution < -0.4 is 43.4 Å². The third-order valence-electron chi connectivity index (χ3n) is 8.42. The molecule has 4 rings (SSSR count). The van der Waals surface area contributed by atoms with Crippen molar-refractivity contribution in [3.05, 3.63) is 89.5 Å². The second-order valence-corrected chi connectivity index (χ2v) is 12.1. The number of amides is 7. The highest BCUT2D eigenvalue weighted by atomic mass is 16.5. The molecule has 0 aliphatic heterocycles. The Balaban J connectivity index is 1.33. The number of ether oxygens (including phenoxy) is 1. The predicted octanol–water partition coefficient (Wildman–Crippen LogP) is 2.20. The second-order valence-electron chi connectivity index (χ2n) is 12.1. The van der Waals surface area contributed by atoms with Crippen LogP contribution in [0.3, 0.4) is 0 Å². The molecule has 1 aliphatic carbocycles. The maximum atomic E-state index is 13.5. The third-order valence-corrected chi connectivity index (χ3v) is 8.42. The molecule has 11 N–H and O–H groups in total. The van der Waals surface area contributed by atoms with Gasteiger partial charge in [-0.05, 0) is 72.2 Å². The number of carbonyl (C=O) groups excluding carboxylic acids is 5. The number of nitrogens with one attached hydrogen (secondary N) is 6. The number of nitrogens with two attached hydrogens (primary N) is 2. The zero-order chi connectivity index (χ0) is 37.5. The fourth-order valence-corrected chi connectivity index (χ4v) is 5.89. The number of primary amides is 2. The Labute approximate surface area is 300 Å². The van der Waals surface area contributed by atoms with Crippen LogP contribution in [0.15, 0.2) is 72.8 Å². The van der Waals surface area contributed by atoms with Gasteiger partial charge in [0.1, 0.15) is 12.6 Å². The summed E-state index contributed by atoms with van der Waals surface area (Å²) in [6, 6.07) is 18.2. The fraction of sp³-hybridized carbons (Fsp3) is 0.333. The number of aromatic carboxylic acids is 1. The van der Waals surface area contributed by atoms with E-state index in [9.17, 15) is 28.8 Å². The third kappa shape index (κ3) is 11.4. The monoisotopic (exact) mass is 716 g/mol. The van der Waals surface area contributed by atoms with E-state index in [1.807, 2.05) is 48.5 Å². The largest absolute Gasteiger partial charge is 0.478 e. The molecule has 0 spiro atoms. The first-order valence-corrected chi connectivity index (χ1v) is 16.9. The Morgan fingerprint density at radius 1 is 0.673 bits per heavy atom. The van der Waals surface area contributed by atoms with Crippen molar-refractivity contribution >= 4 is 41.6 Å². The van der Waals surface area contributed by atoms with Gasteiger partial charge >= 0.3 is 24.1 Å². The quantitative estimate of drug-likeness (QED) is 0.0823. The first-order valence-electron chi connectivity index (χ1n) is 16.9. The number of urea groups is 2. The lowest BCUT2D eigenvalue weighted by atomic mass is 9.98. The zero-order valence-corrected chi connectivity index (χ0v) is 28.5. The smallest absolute Gasteiger partial charge is 0.407 e. The Morgan fingerprint density at radius 3 is 1.79 bits per heavy atom. The zero-order valence-electron chi connectivity index (χ0n) is 28.5. The molecule has 16 nitrogen and oxygen atoms in total. The number of carboxylic acids is 1. The fourth-order valence-electron chi connectivity index (χ4n) is 5.89. The molecule has 7 amide bonds. The molecule has 0 bridgehead atoms. The van der Waals surface area contributed by atoms with Gasteiger partial charge in [0.2, 0.25) is 11.8 Å². The number of alkyl carbamates (subject to hydrolysis) is 1. The average Bonchev–Trinajstić information content (AvgIpc) is 3.44. The second kappa shape index (κ2) is 19.3. The highest BCUT2D eigenvalue weighted by Crippen LogP contribution is 2.44. The highest BCUT2D eigenvalue weighted by molar-refractivity contribution is 5.98. The molecule has 3 aromatic carbocycles. The van der Waals surface area contributed by atoms with Crippen LogP contribution in [-0.2, 0) is 14.3 Å². The Morgan fingerprint density at radius 2 is 1.23 bits per heavy atom. The normalized spacial score (nSPS) is 12.7. The van der Waals surface area contributed by atoms with E-state index in [4.69, 9.17) is 21.3 Å². The molecular formula is C36H44N8O8. The molecule has 1 aliphatic rings. The predicted molar refractivity (Wildman–Crippen MR) is 192 cm³/mol. The molecule has 0 aromatic heterocycles. The first kappa shape index (κ1) is 38.6. The van der Waals surface area contributed by atoms with E-state index >= 15 is 0 Å². The lowest BCUT2D eigenvalue weighted by Crippen LogP contribution is -2.52. The molecule has 52 heavy (non-hydrogen) atoms. The van der Waals surface area contributed by atoms with Gasteiger partial charge in [-0.1, -0.05) is 48.5 Å². The van der Waals surface area contributed by atoms with Crippen LogP contribution in [-0.4, -0.2) is 85.9 Å². The number of rotatable bonds is 19. The average molecular weight is 717 g/mol. The summed E-state index contributed by atoms with van der Waals surface area (Å²) in [6.07, 6.45) is 0.413. The summed E-state index contributed by atoms with van der Waals surface area (Å²) in [5, 5.41) is 25.3. The maximum Gasteiger partial charge on any atom is 0.407 e. The molecule has 16 heteroatoms. The van der Waals surface area contributed by atoms with E-state index in [1.165, 1.54) is 24.3 Å². The topological polar surface area (TPSA) is 256 Å². The molecule has 0 radical (unpaired) electrons. The number of carbonyl (C=O) groups is 6. The van der Waals surface area contributed by atoms with Gasteiger partial charge in [0.05, 0.1) is 11.6 Å². The first-order chi connectivity index (χ1) is 25.0. The summed E-state index contributed by atoms with van der Waals surface area (Å²) in [7, 11) is 0. The van der Waals surface area contributed by atoms with Gasteiger partial charge in [-0.15, -0.1) is 0 Å². The standard InChI is InChI=1S/C36H44N8O8/c37-34(49)40-17-5-11-29(31(45)44-30(12-6-18-41-35(38)50)32(46)43-23-15-13-22(14-16-23)33(47)48)39-19-20-42-36(51)52-21-28-26-9-3-1-7-24(26)25-8-2-4-10-27(25)28/h1-4,7-10,13-16,28-30,39H,5-6,11-12,17-21H2,(H,42,51)(H,43,46)(H,44,45)(H,47,48)(H3,37,40,49)(H3,38,41,50)/t29-,30-/m0/s1. The van der Waals surface area contributed by atoms with E-state index in [-0.39, 0.29) is 57.1 Å². The van der Waals surface area contributed by atoms with Crippen molar-refractivity contribution in [1.29, 1.82) is 0 Å². The van der Waals surface area contributed by atoms with Crippen LogP contribution >= 0.6 is 0 Å². The van der Waals surface area contributed by atoms with Crippen molar-refractivity contribution in [2.75, 3.05) is 38.1 Å². The molecule has 0 saturated carbocycles. The van der Waals surface area contributed by atoms with Crippen molar-refractivity contribution in [2.45, 2.75) is 43.7 Å². The van der Waals surface area contributed by atoms with Crippen molar-refractivity contribution in [3.63, 3.8) is 0 Å². The van der Waals surface area contributed by atoms with Crippen molar-refractivity contribution in [1.82, 2.24) is 26.6 Å². The maximum absolute atomic E-state index is 13.5. The van der Waals surface area contributed by atoms with E-state index in [0.717, 1.165) is 22.3 Å². The minimum atomic E-state index is -1.12. The highest BCUT2D eigenvalue weighted by Gasteiger charge is 2.29. The lowest BCUT2D eigenvalue weighted by molar-refractivity contribution is -0.128. The Bertz CT molecular complexity index is 1690. The van der Waals surface area contributed by atoms with E-state index < -0.39 is 48.0 Å². The van der Waals surface area contributed by atoms with Gasteiger partial charge in [0.15, 0.2) is 0 Å². The van der Waals surface area contributed by atoms with E-state index in [1.54, 1.807) is 0 Å². The molecule has 2 atom stereocenters. The summed E-state index contributed by atoms with van der Waals surface area (Å²) < 4.78 is 5.59. The van der Waals surface area contributed by atoms with Crippen molar-refractivity contribution in [3.8, 4) is 11.1 Å². The molecule has 0 heterocycles. The summed E-state index contributed by atoms with van der Waals surface area (Å²) in [6.45, 7) is 0.793. The van der Waals surface area contributed by atoms with Gasteiger partial charge < -0.3 is 53.2 Å². The number of carboxylic acid groups (broad SMARTS) is 1. The summed E-state index contributed by atoms with van der Waals surface area (Å²) in [4.78, 5) is 73.0. The van der Waals surface area contributed by atoms with Crippen LogP contribution in [0.4, 0.5) is 20.1 Å². The number of anilines is 1. The van der Waals surface area contributed by atoms with Gasteiger partial charge in [0, 0.05) is 37.8 Å². The van der Waals surface area contributed by atoms with Crippen LogP contribution in [0.5, 0.6) is 0 Å². The summed E-state index contributed by atoms with van der Waals surface area (Å²) in [5.74, 6) is -2.31. The van der Waals surface area contributed by atoms with E-state index in [0.29, 0.717) is 18.5 Å². The van der Waals surface area contributed by atoms with Crippen LogP contribution in [0.2, 0.25) is 0 Å². The summed E-state index contributed by atoms with van der Waals surface area (Å²) in [5.41, 5.74) is 15.1. The number of hydrogen-bond donors (Lipinski definition) is 9. The minimum Gasteiger partial charge on any atom is -0.478 e. The number of fused-ring (bicyclic) bond motifs is 3. The van der Waals surface area contributed by atoms with Gasteiger partial charge in [0.25, 0.3) is 0 Å². The van der Waals surface area contributed by atoms with Crippen LogP contribution in [0.25, 0.3) is 11.1 Å². The SMILES string of the molecule is NC(=O)NCCC[C@H](NCCNC(=O)OCC1c2ccccc2-c2ccccc21)C(=O)N[C@@H](CCCNC(N)=O)C(=O)Nc1ccc(C(=O)O)cc1. The van der Waals surface area contributed by atoms with Crippen LogP contribution in [0.1, 0.15) is 53.1 Å². The Hall–Kier alpha value is -6.16. The van der Waals surface area contributed by atoms with Crippen LogP contribution in [0, 0.1) is 0 Å². The molecule has 0 saturated heterocycles. The van der Waals surface area contributed by atoms with Gasteiger partial charge in [-0.3, -0.25) is 9.59 Å². The number of benzene rings is 3. The Kier molecular flexibility index (Phi) is 14.3. The summed E-state index contributed by atoms with van der Waals surface area (Å²) >= 11 is 0. The molecule has 276 valence electrons. The molecular weight excluding hydrogens is 672 g/mol. The van der Waals surface area contributed by atoms with E-state index in [2.05, 4.69) is 31.9 Å². The van der Waals surface area contributed by atoms with Crippen molar-refractivity contribution < 1.29 is 38.6 Å². The van der Waals surface area contributed by atoms with Crippen molar-refractivity contribution in [2.24, 2.45) is 11.5 Å². The number of hydrogen-bond acceptors (Lipinski definition) is 8. The molecule has 0 unspecified atom stereocenters. The lowest BCUT2D eigenvalue weighted by Gasteiger charge is -2.23. The van der Waals surface area contributed by atoms with Gasteiger partial charge in [-0.2, -0.15) is 0 Å². The molecule has 0 fully saturated rings.